The Morgan fingerprint density at radius 1 is 1.29 bits per heavy atom. The summed E-state index contributed by atoms with van der Waals surface area (Å²) in [4.78, 5) is 10.6. The number of ether oxygens (including phenoxy) is 1. The van der Waals surface area contributed by atoms with Gasteiger partial charge in [-0.25, -0.2) is 9.97 Å². The molecule has 17 heavy (non-hydrogen) atoms. The number of hydrogen-bond acceptors (Lipinski definition) is 4. The third kappa shape index (κ3) is 3.69. The van der Waals surface area contributed by atoms with Crippen molar-refractivity contribution >= 4 is 29.2 Å². The van der Waals surface area contributed by atoms with Gasteiger partial charge < -0.3 is 9.64 Å². The van der Waals surface area contributed by atoms with Crippen molar-refractivity contribution in [1.82, 2.24) is 9.97 Å². The molecule has 0 amide bonds. The Hall–Kier alpha value is -0.580. The van der Waals surface area contributed by atoms with Crippen LogP contribution in [0.2, 0.25) is 5.02 Å². The lowest BCUT2D eigenvalue weighted by Gasteiger charge is -2.31. The van der Waals surface area contributed by atoms with E-state index in [9.17, 15) is 0 Å². The molecule has 4 nitrogen and oxygen atoms in total. The predicted molar refractivity (Wildman–Crippen MR) is 68.9 cm³/mol. The van der Waals surface area contributed by atoms with E-state index in [2.05, 4.69) is 14.9 Å². The lowest BCUT2D eigenvalue weighted by atomic mass is 10.1. The van der Waals surface area contributed by atoms with Crippen molar-refractivity contribution in [2.45, 2.75) is 18.9 Å². The third-order valence-electron chi connectivity index (χ3n) is 2.76. The quantitative estimate of drug-likeness (QED) is 0.791. The molecule has 0 radical (unpaired) electrons. The Balaban J connectivity index is 1.84. The summed E-state index contributed by atoms with van der Waals surface area (Å²) in [5, 5.41) is 0.564. The maximum absolute atomic E-state index is 5.75. The van der Waals surface area contributed by atoms with Gasteiger partial charge in [0, 0.05) is 19.0 Å². The third-order valence-corrected chi connectivity index (χ3v) is 3.11. The molecule has 1 aliphatic heterocycles. The lowest BCUT2D eigenvalue weighted by molar-refractivity contribution is 0.0470. The Bertz CT molecular complexity index is 339. The minimum absolute atomic E-state index is 0.317. The van der Waals surface area contributed by atoms with E-state index in [1.807, 2.05) is 0 Å². The number of anilines is 1. The molecule has 0 saturated carbocycles. The molecule has 2 rings (SSSR count). The maximum atomic E-state index is 5.75. The van der Waals surface area contributed by atoms with Gasteiger partial charge in [-0.05, 0) is 12.8 Å². The molecule has 0 unspecified atom stereocenters. The van der Waals surface area contributed by atoms with Crippen LogP contribution in [0.1, 0.15) is 12.8 Å². The first-order chi connectivity index (χ1) is 8.29. The van der Waals surface area contributed by atoms with Gasteiger partial charge in [0.15, 0.2) is 0 Å². The van der Waals surface area contributed by atoms with E-state index < -0.39 is 0 Å². The molecule has 0 bridgehead atoms. The van der Waals surface area contributed by atoms with Gasteiger partial charge in [-0.1, -0.05) is 11.6 Å². The summed E-state index contributed by atoms with van der Waals surface area (Å²) in [7, 11) is 0. The minimum atomic E-state index is 0.317. The Labute approximate surface area is 111 Å². The number of alkyl halides is 1. The van der Waals surface area contributed by atoms with Gasteiger partial charge >= 0.3 is 0 Å². The van der Waals surface area contributed by atoms with E-state index in [1.165, 1.54) is 0 Å². The van der Waals surface area contributed by atoms with Gasteiger partial charge in [0.25, 0.3) is 0 Å². The van der Waals surface area contributed by atoms with Crippen LogP contribution in [0.25, 0.3) is 0 Å². The fourth-order valence-corrected chi connectivity index (χ4v) is 2.09. The molecule has 1 saturated heterocycles. The molecule has 1 fully saturated rings. The van der Waals surface area contributed by atoms with Crippen molar-refractivity contribution in [2.24, 2.45) is 0 Å². The first kappa shape index (κ1) is 12.9. The van der Waals surface area contributed by atoms with Crippen LogP contribution < -0.4 is 4.90 Å². The summed E-state index contributed by atoms with van der Waals surface area (Å²) >= 11 is 11.3. The Morgan fingerprint density at radius 3 is 2.53 bits per heavy atom. The van der Waals surface area contributed by atoms with Gasteiger partial charge in [0.1, 0.15) is 0 Å². The number of piperidine rings is 1. The van der Waals surface area contributed by atoms with E-state index in [1.54, 1.807) is 12.4 Å². The smallest absolute Gasteiger partial charge is 0.225 e. The number of hydrogen-bond donors (Lipinski definition) is 0. The zero-order chi connectivity index (χ0) is 12.1. The van der Waals surface area contributed by atoms with Crippen LogP contribution in [0, 0.1) is 0 Å². The van der Waals surface area contributed by atoms with Crippen molar-refractivity contribution in [1.29, 1.82) is 0 Å². The topological polar surface area (TPSA) is 38.2 Å². The molecule has 1 aromatic heterocycles. The predicted octanol–water partition coefficient (Wildman–Crippen LogP) is 2.35. The average Bonchev–Trinajstić information content (AvgIpc) is 2.38. The van der Waals surface area contributed by atoms with Crippen LogP contribution in [0.3, 0.4) is 0 Å². The number of halogens is 2. The molecule has 2 heterocycles. The molecular formula is C11H15Cl2N3O. The Kier molecular flexibility index (Phi) is 4.83. The molecule has 0 atom stereocenters. The van der Waals surface area contributed by atoms with Crippen LogP contribution in [-0.4, -0.2) is 41.6 Å². The second kappa shape index (κ2) is 6.38. The number of rotatable bonds is 4. The van der Waals surface area contributed by atoms with Gasteiger partial charge in [0.2, 0.25) is 5.95 Å². The molecule has 1 aliphatic rings. The van der Waals surface area contributed by atoms with Gasteiger partial charge in [-0.2, -0.15) is 0 Å². The normalized spacial score (nSPS) is 17.4. The highest BCUT2D eigenvalue weighted by atomic mass is 35.5. The van der Waals surface area contributed by atoms with Crippen LogP contribution in [0.4, 0.5) is 5.95 Å². The molecule has 94 valence electrons. The largest absolute Gasteiger partial charge is 0.377 e. The first-order valence-corrected chi connectivity index (χ1v) is 6.61. The van der Waals surface area contributed by atoms with E-state index in [0.29, 0.717) is 23.6 Å². The second-order valence-corrected chi connectivity index (χ2v) is 4.76. The highest BCUT2D eigenvalue weighted by Gasteiger charge is 2.20. The zero-order valence-electron chi connectivity index (χ0n) is 9.48. The number of nitrogens with zero attached hydrogens (tertiary/aromatic N) is 3. The van der Waals surface area contributed by atoms with Gasteiger partial charge in [-0.15, -0.1) is 11.6 Å². The Morgan fingerprint density at radius 2 is 1.94 bits per heavy atom. The summed E-state index contributed by atoms with van der Waals surface area (Å²) in [6, 6.07) is 0. The van der Waals surface area contributed by atoms with Crippen molar-refractivity contribution in [3.63, 3.8) is 0 Å². The van der Waals surface area contributed by atoms with E-state index in [0.717, 1.165) is 31.9 Å². The molecule has 0 aromatic carbocycles. The standard InChI is InChI=1S/C11H15Cl2N3O/c12-3-6-17-10-1-4-16(5-2-10)11-14-7-9(13)8-15-11/h7-8,10H,1-6H2. The van der Waals surface area contributed by atoms with Crippen molar-refractivity contribution in [3.8, 4) is 0 Å². The van der Waals surface area contributed by atoms with Crippen LogP contribution >= 0.6 is 23.2 Å². The van der Waals surface area contributed by atoms with Crippen LogP contribution in [-0.2, 0) is 4.74 Å². The molecule has 0 N–H and O–H groups in total. The summed E-state index contributed by atoms with van der Waals surface area (Å²) in [5.41, 5.74) is 0. The van der Waals surface area contributed by atoms with Crippen molar-refractivity contribution in [2.75, 3.05) is 30.5 Å². The maximum Gasteiger partial charge on any atom is 0.225 e. The van der Waals surface area contributed by atoms with Crippen LogP contribution in [0.15, 0.2) is 12.4 Å². The van der Waals surface area contributed by atoms with Crippen molar-refractivity contribution in [3.05, 3.63) is 17.4 Å². The van der Waals surface area contributed by atoms with E-state index in [-0.39, 0.29) is 0 Å². The van der Waals surface area contributed by atoms with Crippen molar-refractivity contribution < 1.29 is 4.74 Å². The van der Waals surface area contributed by atoms with E-state index >= 15 is 0 Å². The average molecular weight is 276 g/mol. The molecule has 0 spiro atoms. The highest BCUT2D eigenvalue weighted by Crippen LogP contribution is 2.18. The molecule has 0 aliphatic carbocycles. The fourth-order valence-electron chi connectivity index (χ4n) is 1.90. The van der Waals surface area contributed by atoms with Crippen LogP contribution in [0.5, 0.6) is 0 Å². The summed E-state index contributed by atoms with van der Waals surface area (Å²) in [6.45, 7) is 2.45. The highest BCUT2D eigenvalue weighted by molar-refractivity contribution is 6.30. The molecule has 1 aromatic rings. The molecule has 6 heteroatoms. The fraction of sp³-hybridized carbons (Fsp3) is 0.636. The van der Waals surface area contributed by atoms with Gasteiger partial charge in [0.05, 0.1) is 30.1 Å². The SMILES string of the molecule is ClCCOC1CCN(c2ncc(Cl)cn2)CC1. The summed E-state index contributed by atoms with van der Waals surface area (Å²) in [6.07, 6.45) is 5.54. The minimum Gasteiger partial charge on any atom is -0.377 e. The monoisotopic (exact) mass is 275 g/mol. The summed E-state index contributed by atoms with van der Waals surface area (Å²) in [5.74, 6) is 1.30. The second-order valence-electron chi connectivity index (χ2n) is 3.95. The molecular weight excluding hydrogens is 261 g/mol. The van der Waals surface area contributed by atoms with E-state index in [4.69, 9.17) is 27.9 Å². The summed E-state index contributed by atoms with van der Waals surface area (Å²) < 4.78 is 5.61. The number of aromatic nitrogens is 2. The van der Waals surface area contributed by atoms with Gasteiger partial charge in [-0.3, -0.25) is 0 Å². The first-order valence-electron chi connectivity index (χ1n) is 5.69. The zero-order valence-corrected chi connectivity index (χ0v) is 11.0. The lowest BCUT2D eigenvalue weighted by Crippen LogP contribution is -2.38.